The lowest BCUT2D eigenvalue weighted by atomic mass is 10.00. The van der Waals surface area contributed by atoms with E-state index in [4.69, 9.17) is 23.2 Å². The van der Waals surface area contributed by atoms with Crippen molar-refractivity contribution in [2.75, 3.05) is 13.1 Å². The lowest BCUT2D eigenvalue weighted by Gasteiger charge is -2.24. The summed E-state index contributed by atoms with van der Waals surface area (Å²) in [6, 6.07) is 5.41. The second-order valence-electron chi connectivity index (χ2n) is 5.28. The van der Waals surface area contributed by atoms with Crippen LogP contribution < -0.4 is 10.6 Å². The Balaban J connectivity index is 1.91. The zero-order chi connectivity index (χ0) is 14.5. The minimum Gasteiger partial charge on any atom is -0.354 e. The van der Waals surface area contributed by atoms with Crippen LogP contribution in [-0.4, -0.2) is 25.0 Å². The maximum Gasteiger partial charge on any atom is 0.237 e. The van der Waals surface area contributed by atoms with Gasteiger partial charge in [-0.1, -0.05) is 42.6 Å². The Bertz CT molecular complexity index is 453. The topological polar surface area (TPSA) is 41.1 Å². The van der Waals surface area contributed by atoms with E-state index in [0.717, 1.165) is 31.4 Å². The number of benzene rings is 1. The third-order valence-electron chi connectivity index (χ3n) is 3.70. The van der Waals surface area contributed by atoms with Crippen LogP contribution in [0.3, 0.4) is 0 Å². The molecule has 0 aliphatic carbocycles. The lowest BCUT2D eigenvalue weighted by molar-refractivity contribution is -0.123. The van der Waals surface area contributed by atoms with E-state index >= 15 is 0 Å². The normalized spacial score (nSPS) is 20.4. The average molecular weight is 315 g/mol. The Morgan fingerprint density at radius 3 is 2.70 bits per heavy atom. The number of hydrogen-bond donors (Lipinski definition) is 2. The smallest absolute Gasteiger partial charge is 0.237 e. The van der Waals surface area contributed by atoms with Gasteiger partial charge in [-0.2, -0.15) is 0 Å². The zero-order valence-electron chi connectivity index (χ0n) is 11.6. The average Bonchev–Trinajstić information content (AvgIpc) is 2.45. The fraction of sp³-hybridized carbons (Fsp3) is 0.533. The van der Waals surface area contributed by atoms with Gasteiger partial charge in [0.1, 0.15) is 0 Å². The van der Waals surface area contributed by atoms with Gasteiger partial charge in [0.2, 0.25) is 5.91 Å². The Labute approximate surface area is 130 Å². The van der Waals surface area contributed by atoms with Crippen LogP contribution in [0.1, 0.15) is 37.7 Å². The summed E-state index contributed by atoms with van der Waals surface area (Å²) in [5, 5.41) is 7.52. The monoisotopic (exact) mass is 314 g/mol. The number of amides is 1. The number of hydrogen-bond acceptors (Lipinski definition) is 2. The molecule has 0 spiro atoms. The second-order valence-corrected chi connectivity index (χ2v) is 6.10. The number of piperidine rings is 1. The second kappa shape index (κ2) is 7.30. The van der Waals surface area contributed by atoms with Gasteiger partial charge in [0.05, 0.1) is 6.04 Å². The zero-order valence-corrected chi connectivity index (χ0v) is 13.1. The van der Waals surface area contributed by atoms with Gasteiger partial charge in [0.15, 0.2) is 0 Å². The van der Waals surface area contributed by atoms with Crippen molar-refractivity contribution < 1.29 is 4.79 Å². The van der Waals surface area contributed by atoms with Crippen LogP contribution in [0.4, 0.5) is 0 Å². The molecular weight excluding hydrogens is 295 g/mol. The molecule has 0 bridgehead atoms. The minimum absolute atomic E-state index is 0.0577. The maximum atomic E-state index is 12.1. The number of rotatable bonds is 4. The number of halogens is 2. The summed E-state index contributed by atoms with van der Waals surface area (Å²) in [7, 11) is 0. The summed E-state index contributed by atoms with van der Waals surface area (Å²) >= 11 is 12.4. The van der Waals surface area contributed by atoms with Crippen molar-refractivity contribution in [2.45, 2.75) is 38.1 Å². The molecule has 3 nitrogen and oxygen atoms in total. The molecule has 5 heteroatoms. The molecule has 2 unspecified atom stereocenters. The number of nitrogens with one attached hydrogen (secondary N) is 2. The van der Waals surface area contributed by atoms with Crippen molar-refractivity contribution >= 4 is 29.1 Å². The fourth-order valence-corrected chi connectivity index (χ4v) is 3.31. The van der Waals surface area contributed by atoms with Crippen LogP contribution in [0.2, 0.25) is 10.0 Å². The molecule has 2 N–H and O–H groups in total. The van der Waals surface area contributed by atoms with E-state index < -0.39 is 0 Å². The van der Waals surface area contributed by atoms with Gasteiger partial charge in [-0.15, -0.1) is 0 Å². The molecule has 2 rings (SSSR count). The van der Waals surface area contributed by atoms with Gasteiger partial charge in [0, 0.05) is 22.5 Å². The quantitative estimate of drug-likeness (QED) is 0.894. The minimum atomic E-state index is -0.0577. The molecule has 1 fully saturated rings. The van der Waals surface area contributed by atoms with Gasteiger partial charge < -0.3 is 10.6 Å². The highest BCUT2D eigenvalue weighted by Gasteiger charge is 2.21. The summed E-state index contributed by atoms with van der Waals surface area (Å²) in [6.07, 6.45) is 3.17. The first-order chi connectivity index (χ1) is 9.59. The van der Waals surface area contributed by atoms with Gasteiger partial charge in [0.25, 0.3) is 0 Å². The van der Waals surface area contributed by atoms with E-state index in [2.05, 4.69) is 10.6 Å². The third-order valence-corrected chi connectivity index (χ3v) is 4.36. The number of carbonyl (C=O) groups excluding carboxylic acids is 1. The van der Waals surface area contributed by atoms with Gasteiger partial charge in [-0.25, -0.2) is 0 Å². The van der Waals surface area contributed by atoms with Crippen molar-refractivity contribution in [2.24, 2.45) is 0 Å². The molecule has 0 radical (unpaired) electrons. The van der Waals surface area contributed by atoms with Crippen LogP contribution in [0.25, 0.3) is 0 Å². The molecule has 1 saturated heterocycles. The highest BCUT2D eigenvalue weighted by Crippen LogP contribution is 2.30. The molecule has 1 aliphatic rings. The molecule has 1 heterocycles. The predicted octanol–water partition coefficient (Wildman–Crippen LogP) is 3.36. The molecule has 1 amide bonds. The van der Waals surface area contributed by atoms with Crippen molar-refractivity contribution in [1.82, 2.24) is 10.6 Å². The molecule has 0 saturated carbocycles. The fourth-order valence-electron chi connectivity index (χ4n) is 2.54. The van der Waals surface area contributed by atoms with Crippen molar-refractivity contribution in [1.29, 1.82) is 0 Å². The van der Waals surface area contributed by atoms with Gasteiger partial charge in [-0.3, -0.25) is 4.79 Å². The van der Waals surface area contributed by atoms with E-state index in [1.54, 1.807) is 0 Å². The van der Waals surface area contributed by atoms with E-state index in [-0.39, 0.29) is 17.9 Å². The summed E-state index contributed by atoms with van der Waals surface area (Å²) in [5.74, 6) is 0.156. The molecule has 1 aromatic rings. The Morgan fingerprint density at radius 2 is 2.10 bits per heavy atom. The molecule has 1 aromatic carbocycles. The van der Waals surface area contributed by atoms with E-state index in [0.29, 0.717) is 16.6 Å². The highest BCUT2D eigenvalue weighted by atomic mass is 35.5. The van der Waals surface area contributed by atoms with E-state index in [9.17, 15) is 4.79 Å². The summed E-state index contributed by atoms with van der Waals surface area (Å²) < 4.78 is 0. The van der Waals surface area contributed by atoms with Crippen molar-refractivity contribution in [3.05, 3.63) is 33.8 Å². The van der Waals surface area contributed by atoms with Gasteiger partial charge >= 0.3 is 0 Å². The molecule has 0 aromatic heterocycles. The van der Waals surface area contributed by atoms with Gasteiger partial charge in [-0.05, 0) is 37.1 Å². The predicted molar refractivity (Wildman–Crippen MR) is 83.5 cm³/mol. The standard InChI is InChI=1S/C15H20Cl2N2O/c1-10(14-11(16)5-4-6-12(14)17)9-19-15(20)13-7-2-3-8-18-13/h4-6,10,13,18H,2-3,7-9H2,1H3,(H,19,20). The van der Waals surface area contributed by atoms with E-state index in [1.807, 2.05) is 25.1 Å². The summed E-state index contributed by atoms with van der Waals surface area (Å²) in [5.41, 5.74) is 0.896. The Morgan fingerprint density at radius 1 is 1.40 bits per heavy atom. The van der Waals surface area contributed by atoms with Crippen molar-refractivity contribution in [3.8, 4) is 0 Å². The highest BCUT2D eigenvalue weighted by molar-refractivity contribution is 6.36. The molecule has 1 aliphatic heterocycles. The van der Waals surface area contributed by atoms with Crippen LogP contribution >= 0.6 is 23.2 Å². The number of carbonyl (C=O) groups is 1. The Kier molecular flexibility index (Phi) is 5.70. The summed E-state index contributed by atoms with van der Waals surface area (Å²) in [6.45, 7) is 3.48. The van der Waals surface area contributed by atoms with Crippen molar-refractivity contribution in [3.63, 3.8) is 0 Å². The molecule has 2 atom stereocenters. The first-order valence-corrected chi connectivity index (χ1v) is 7.80. The first kappa shape index (κ1) is 15.6. The molecule has 20 heavy (non-hydrogen) atoms. The lowest BCUT2D eigenvalue weighted by Crippen LogP contribution is -2.47. The third kappa shape index (κ3) is 3.87. The van der Waals surface area contributed by atoms with Crippen LogP contribution in [0, 0.1) is 0 Å². The maximum absolute atomic E-state index is 12.1. The van der Waals surface area contributed by atoms with Crippen LogP contribution in [0.5, 0.6) is 0 Å². The SMILES string of the molecule is CC(CNC(=O)C1CCCCN1)c1c(Cl)cccc1Cl. The first-order valence-electron chi connectivity index (χ1n) is 7.04. The molecular formula is C15H20Cl2N2O. The van der Waals surface area contributed by atoms with Crippen LogP contribution in [-0.2, 0) is 4.79 Å². The van der Waals surface area contributed by atoms with Crippen LogP contribution in [0.15, 0.2) is 18.2 Å². The van der Waals surface area contributed by atoms with E-state index in [1.165, 1.54) is 0 Å². The Hall–Kier alpha value is -0.770. The summed E-state index contributed by atoms with van der Waals surface area (Å²) in [4.78, 5) is 12.1. The molecule has 110 valence electrons. The largest absolute Gasteiger partial charge is 0.354 e.